The molecule has 0 amide bonds. The average molecular weight is 287 g/mol. The van der Waals surface area contributed by atoms with Crippen LogP contribution in [0.4, 0.5) is 10.1 Å². The summed E-state index contributed by atoms with van der Waals surface area (Å²) in [6.07, 6.45) is 0. The van der Waals surface area contributed by atoms with Gasteiger partial charge in [-0.3, -0.25) is 0 Å². The molecule has 4 nitrogen and oxygen atoms in total. The zero-order valence-electron chi connectivity index (χ0n) is 11.8. The summed E-state index contributed by atoms with van der Waals surface area (Å²) >= 11 is 0. The van der Waals surface area contributed by atoms with Gasteiger partial charge in [0.05, 0.1) is 0 Å². The van der Waals surface area contributed by atoms with Crippen LogP contribution in [0.1, 0.15) is 18.1 Å². The van der Waals surface area contributed by atoms with Crippen molar-refractivity contribution in [2.45, 2.75) is 13.5 Å². The van der Waals surface area contributed by atoms with Crippen LogP contribution < -0.4 is 10.6 Å². The second-order valence-corrected chi connectivity index (χ2v) is 4.68. The minimum atomic E-state index is -0.242. The molecule has 0 aromatic heterocycles. The van der Waals surface area contributed by atoms with Crippen LogP contribution in [0.2, 0.25) is 0 Å². The minimum absolute atomic E-state index is 0.0824. The van der Waals surface area contributed by atoms with Gasteiger partial charge in [-0.25, -0.2) is 4.39 Å². The third-order valence-electron chi connectivity index (χ3n) is 3.29. The van der Waals surface area contributed by atoms with Gasteiger partial charge < -0.3 is 15.8 Å². The van der Waals surface area contributed by atoms with Gasteiger partial charge in [0.2, 0.25) is 0 Å². The number of hydrogen-bond donors (Lipinski definition) is 2. The maximum absolute atomic E-state index is 13.3. The molecule has 0 fully saturated rings. The molecule has 21 heavy (non-hydrogen) atoms. The van der Waals surface area contributed by atoms with Crippen LogP contribution in [-0.2, 0) is 6.54 Å². The lowest BCUT2D eigenvalue weighted by Crippen LogP contribution is -2.22. The van der Waals surface area contributed by atoms with Crippen molar-refractivity contribution in [2.24, 2.45) is 10.9 Å². The highest BCUT2D eigenvalue weighted by atomic mass is 19.1. The Morgan fingerprint density at radius 2 is 1.95 bits per heavy atom. The number of nitrogens with two attached hydrogens (primary N) is 1. The molecule has 5 heteroatoms. The van der Waals surface area contributed by atoms with E-state index in [4.69, 9.17) is 10.9 Å². The number of halogens is 1. The maximum atomic E-state index is 13.3. The highest BCUT2D eigenvalue weighted by molar-refractivity contribution is 5.96. The first-order chi connectivity index (χ1) is 10.1. The monoisotopic (exact) mass is 287 g/mol. The smallest absolute Gasteiger partial charge is 0.170 e. The SMILES string of the molecule is CCN(Cc1ccc(C(N)=NO)cc1)c1cccc(F)c1. The van der Waals surface area contributed by atoms with Gasteiger partial charge in [-0.15, -0.1) is 0 Å². The number of anilines is 1. The molecule has 0 aliphatic rings. The number of nitrogens with zero attached hydrogens (tertiary/aromatic N) is 2. The normalized spacial score (nSPS) is 11.4. The highest BCUT2D eigenvalue weighted by Gasteiger charge is 2.07. The quantitative estimate of drug-likeness (QED) is 0.385. The lowest BCUT2D eigenvalue weighted by Gasteiger charge is -2.23. The molecule has 0 unspecified atom stereocenters. The lowest BCUT2D eigenvalue weighted by atomic mass is 10.1. The standard InChI is InChI=1S/C16H18FN3O/c1-2-20(15-5-3-4-14(17)10-15)11-12-6-8-13(9-7-12)16(18)19-21/h3-10,21H,2,11H2,1H3,(H2,18,19). The number of amidine groups is 1. The first kappa shape index (κ1) is 14.8. The van der Waals surface area contributed by atoms with Crippen LogP contribution in [-0.4, -0.2) is 17.6 Å². The van der Waals surface area contributed by atoms with Gasteiger partial charge in [0.1, 0.15) is 5.82 Å². The van der Waals surface area contributed by atoms with E-state index in [1.807, 2.05) is 25.1 Å². The fraction of sp³-hybridized carbons (Fsp3) is 0.188. The molecule has 110 valence electrons. The second kappa shape index (κ2) is 6.74. The third-order valence-corrected chi connectivity index (χ3v) is 3.29. The number of hydrogen-bond acceptors (Lipinski definition) is 3. The Hall–Kier alpha value is -2.56. The average Bonchev–Trinajstić information content (AvgIpc) is 2.52. The summed E-state index contributed by atoms with van der Waals surface area (Å²) in [5.74, 6) is -0.160. The molecule has 0 radical (unpaired) electrons. The topological polar surface area (TPSA) is 61.8 Å². The van der Waals surface area contributed by atoms with Crippen molar-refractivity contribution in [1.29, 1.82) is 0 Å². The first-order valence-corrected chi connectivity index (χ1v) is 6.71. The van der Waals surface area contributed by atoms with E-state index in [1.165, 1.54) is 12.1 Å². The van der Waals surface area contributed by atoms with Gasteiger partial charge >= 0.3 is 0 Å². The molecule has 0 heterocycles. The molecule has 0 saturated carbocycles. The van der Waals surface area contributed by atoms with Gasteiger partial charge in [-0.05, 0) is 30.7 Å². The van der Waals surface area contributed by atoms with Crippen molar-refractivity contribution in [3.05, 3.63) is 65.5 Å². The first-order valence-electron chi connectivity index (χ1n) is 6.71. The van der Waals surface area contributed by atoms with Crippen LogP contribution in [0.15, 0.2) is 53.7 Å². The molecule has 0 saturated heterocycles. The lowest BCUT2D eigenvalue weighted by molar-refractivity contribution is 0.318. The van der Waals surface area contributed by atoms with Gasteiger partial charge in [0, 0.05) is 24.3 Å². The molecule has 2 aromatic carbocycles. The van der Waals surface area contributed by atoms with Gasteiger partial charge in [-0.2, -0.15) is 0 Å². The molecular formula is C16H18FN3O. The van der Waals surface area contributed by atoms with Crippen molar-refractivity contribution in [2.75, 3.05) is 11.4 Å². The minimum Gasteiger partial charge on any atom is -0.409 e. The zero-order valence-corrected chi connectivity index (χ0v) is 11.8. The van der Waals surface area contributed by atoms with Crippen molar-refractivity contribution >= 4 is 11.5 Å². The van der Waals surface area contributed by atoms with E-state index in [0.717, 1.165) is 17.8 Å². The maximum Gasteiger partial charge on any atom is 0.170 e. The van der Waals surface area contributed by atoms with E-state index < -0.39 is 0 Å². The summed E-state index contributed by atoms with van der Waals surface area (Å²) in [5, 5.41) is 11.6. The fourth-order valence-electron chi connectivity index (χ4n) is 2.12. The van der Waals surface area contributed by atoms with Gasteiger partial charge in [0.15, 0.2) is 5.84 Å². The Kier molecular flexibility index (Phi) is 4.77. The Morgan fingerprint density at radius 1 is 1.24 bits per heavy atom. The van der Waals surface area contributed by atoms with E-state index in [2.05, 4.69) is 10.1 Å². The summed E-state index contributed by atoms with van der Waals surface area (Å²) in [7, 11) is 0. The zero-order chi connectivity index (χ0) is 15.2. The predicted octanol–water partition coefficient (Wildman–Crippen LogP) is 2.95. The Balaban J connectivity index is 2.15. The summed E-state index contributed by atoms with van der Waals surface area (Å²) in [5.41, 5.74) is 8.10. The van der Waals surface area contributed by atoms with E-state index in [1.54, 1.807) is 18.2 Å². The molecule has 0 aliphatic heterocycles. The van der Waals surface area contributed by atoms with Gasteiger partial charge in [-0.1, -0.05) is 35.5 Å². The van der Waals surface area contributed by atoms with Crippen LogP contribution in [0.3, 0.4) is 0 Å². The summed E-state index contributed by atoms with van der Waals surface area (Å²) in [6, 6.07) is 14.0. The van der Waals surface area contributed by atoms with Crippen LogP contribution in [0, 0.1) is 5.82 Å². The van der Waals surface area contributed by atoms with Crippen molar-refractivity contribution in [3.8, 4) is 0 Å². The molecule has 2 aromatic rings. The molecule has 3 N–H and O–H groups in total. The Morgan fingerprint density at radius 3 is 2.52 bits per heavy atom. The molecule has 2 rings (SSSR count). The largest absolute Gasteiger partial charge is 0.409 e. The highest BCUT2D eigenvalue weighted by Crippen LogP contribution is 2.18. The van der Waals surface area contributed by atoms with Gasteiger partial charge in [0.25, 0.3) is 0 Å². The van der Waals surface area contributed by atoms with E-state index in [0.29, 0.717) is 12.1 Å². The molecular weight excluding hydrogens is 269 g/mol. The van der Waals surface area contributed by atoms with E-state index in [9.17, 15) is 4.39 Å². The van der Waals surface area contributed by atoms with Crippen molar-refractivity contribution in [1.82, 2.24) is 0 Å². The summed E-state index contributed by atoms with van der Waals surface area (Å²) < 4.78 is 13.3. The number of rotatable bonds is 5. The molecule has 0 atom stereocenters. The Bertz CT molecular complexity index is 626. The second-order valence-electron chi connectivity index (χ2n) is 4.68. The Labute approximate surface area is 123 Å². The predicted molar refractivity (Wildman–Crippen MR) is 82.1 cm³/mol. The van der Waals surface area contributed by atoms with Crippen molar-refractivity contribution in [3.63, 3.8) is 0 Å². The van der Waals surface area contributed by atoms with Crippen molar-refractivity contribution < 1.29 is 9.60 Å². The van der Waals surface area contributed by atoms with Crippen LogP contribution >= 0.6 is 0 Å². The van der Waals surface area contributed by atoms with E-state index >= 15 is 0 Å². The third kappa shape index (κ3) is 3.72. The number of oxime groups is 1. The molecule has 0 bridgehead atoms. The fourth-order valence-corrected chi connectivity index (χ4v) is 2.12. The number of benzene rings is 2. The summed E-state index contributed by atoms with van der Waals surface area (Å²) in [4.78, 5) is 2.07. The molecule has 0 aliphatic carbocycles. The van der Waals surface area contributed by atoms with Crippen LogP contribution in [0.5, 0.6) is 0 Å². The van der Waals surface area contributed by atoms with E-state index in [-0.39, 0.29) is 11.7 Å². The summed E-state index contributed by atoms with van der Waals surface area (Å²) in [6.45, 7) is 3.46. The van der Waals surface area contributed by atoms with Crippen LogP contribution in [0.25, 0.3) is 0 Å². The molecule has 0 spiro atoms.